The molecule has 98 valence electrons. The Bertz CT molecular complexity index is 497. The van der Waals surface area contributed by atoms with Crippen LogP contribution in [0.1, 0.15) is 16.7 Å². The van der Waals surface area contributed by atoms with E-state index in [1.807, 2.05) is 0 Å². The fraction of sp³-hybridized carbons (Fsp3) is 0.300. The van der Waals surface area contributed by atoms with E-state index in [1.165, 1.54) is 6.07 Å². The second-order valence-electron chi connectivity index (χ2n) is 3.21. The summed E-state index contributed by atoms with van der Waals surface area (Å²) >= 11 is 0. The van der Waals surface area contributed by atoms with E-state index in [0.29, 0.717) is 0 Å². The maximum atomic E-state index is 12.5. The van der Waals surface area contributed by atoms with Gasteiger partial charge in [-0.2, -0.15) is 31.6 Å². The molecule has 0 spiro atoms. The van der Waals surface area contributed by atoms with Crippen molar-refractivity contribution < 1.29 is 31.1 Å². The minimum Gasteiger partial charge on any atom is -0.495 e. The van der Waals surface area contributed by atoms with Gasteiger partial charge in [0.15, 0.2) is 0 Å². The van der Waals surface area contributed by atoms with Crippen molar-refractivity contribution in [1.82, 2.24) is 0 Å². The summed E-state index contributed by atoms with van der Waals surface area (Å²) in [6.45, 7) is 0. The first-order chi connectivity index (χ1) is 8.11. The summed E-state index contributed by atoms with van der Waals surface area (Å²) in [6, 6.07) is 1.64. The zero-order valence-corrected chi connectivity index (χ0v) is 8.78. The highest BCUT2D eigenvalue weighted by Crippen LogP contribution is 2.42. The summed E-state index contributed by atoms with van der Waals surface area (Å²) in [6.07, 6.45) is -10.4. The number of hydrogen-bond acceptors (Lipinski definition) is 2. The highest BCUT2D eigenvalue weighted by molar-refractivity contribution is 5.50. The Morgan fingerprint density at radius 1 is 1.00 bits per heavy atom. The summed E-state index contributed by atoms with van der Waals surface area (Å²) in [5.74, 6) is -0.558. The van der Waals surface area contributed by atoms with Gasteiger partial charge in [0, 0.05) is 0 Å². The van der Waals surface area contributed by atoms with E-state index in [-0.39, 0.29) is 12.1 Å². The van der Waals surface area contributed by atoms with Crippen LogP contribution >= 0.6 is 0 Å². The lowest BCUT2D eigenvalue weighted by atomic mass is 10.0. The number of hydrogen-bond donors (Lipinski definition) is 0. The van der Waals surface area contributed by atoms with Gasteiger partial charge in [-0.15, -0.1) is 0 Å². The first kappa shape index (κ1) is 14.2. The number of ether oxygens (including phenoxy) is 1. The zero-order valence-electron chi connectivity index (χ0n) is 8.78. The van der Waals surface area contributed by atoms with Gasteiger partial charge in [0.05, 0.1) is 23.8 Å². The number of halogens is 6. The smallest absolute Gasteiger partial charge is 0.417 e. The molecule has 0 aliphatic heterocycles. The summed E-state index contributed by atoms with van der Waals surface area (Å²) in [5.41, 5.74) is -4.41. The van der Waals surface area contributed by atoms with E-state index in [1.54, 1.807) is 0 Å². The number of rotatable bonds is 1. The van der Waals surface area contributed by atoms with Gasteiger partial charge >= 0.3 is 12.4 Å². The molecule has 18 heavy (non-hydrogen) atoms. The minimum absolute atomic E-state index is 0.127. The third-order valence-corrected chi connectivity index (χ3v) is 2.07. The number of alkyl halides is 6. The van der Waals surface area contributed by atoms with Gasteiger partial charge in [0.25, 0.3) is 0 Å². The van der Waals surface area contributed by atoms with Crippen molar-refractivity contribution in [2.24, 2.45) is 0 Å². The molecule has 0 fully saturated rings. The van der Waals surface area contributed by atoms with Crippen molar-refractivity contribution in [2.45, 2.75) is 12.4 Å². The van der Waals surface area contributed by atoms with Gasteiger partial charge in [0.1, 0.15) is 11.8 Å². The molecule has 0 heterocycles. The van der Waals surface area contributed by atoms with Crippen LogP contribution in [0.4, 0.5) is 26.3 Å². The molecule has 1 rings (SSSR count). The molecular formula is C10H5F6NO. The Morgan fingerprint density at radius 2 is 1.44 bits per heavy atom. The average molecular weight is 269 g/mol. The molecule has 0 unspecified atom stereocenters. The fourth-order valence-electron chi connectivity index (χ4n) is 1.31. The fourth-order valence-corrected chi connectivity index (χ4v) is 1.31. The molecule has 0 aromatic heterocycles. The van der Waals surface area contributed by atoms with E-state index < -0.39 is 34.8 Å². The van der Waals surface area contributed by atoms with Gasteiger partial charge < -0.3 is 4.74 Å². The first-order valence-corrected chi connectivity index (χ1v) is 4.37. The molecule has 0 radical (unpaired) electrons. The molecule has 1 aromatic carbocycles. The Balaban J connectivity index is 3.64. The number of nitrogens with zero attached hydrogens (tertiary/aromatic N) is 1. The highest BCUT2D eigenvalue weighted by atomic mass is 19.4. The van der Waals surface area contributed by atoms with Gasteiger partial charge in [-0.3, -0.25) is 0 Å². The van der Waals surface area contributed by atoms with E-state index in [2.05, 4.69) is 4.74 Å². The van der Waals surface area contributed by atoms with E-state index >= 15 is 0 Å². The van der Waals surface area contributed by atoms with Gasteiger partial charge in [-0.25, -0.2) is 0 Å². The Morgan fingerprint density at radius 3 is 1.78 bits per heavy atom. The molecule has 2 nitrogen and oxygen atoms in total. The molecule has 0 aliphatic rings. The largest absolute Gasteiger partial charge is 0.495 e. The third kappa shape index (κ3) is 2.67. The molecule has 1 aromatic rings. The van der Waals surface area contributed by atoms with Crippen LogP contribution < -0.4 is 4.74 Å². The summed E-state index contributed by atoms with van der Waals surface area (Å²) in [7, 11) is 0.962. The van der Waals surface area contributed by atoms with Crippen LogP contribution in [0.5, 0.6) is 5.75 Å². The van der Waals surface area contributed by atoms with Crippen molar-refractivity contribution in [2.75, 3.05) is 7.11 Å². The number of benzene rings is 1. The molecule has 0 atom stereocenters. The molecule has 0 amide bonds. The van der Waals surface area contributed by atoms with Gasteiger partial charge in [-0.1, -0.05) is 0 Å². The van der Waals surface area contributed by atoms with Crippen LogP contribution in [-0.2, 0) is 12.4 Å². The molecule has 0 saturated carbocycles. The molecule has 0 bridgehead atoms. The van der Waals surface area contributed by atoms with E-state index in [4.69, 9.17) is 5.26 Å². The first-order valence-electron chi connectivity index (χ1n) is 4.37. The summed E-state index contributed by atoms with van der Waals surface area (Å²) in [5, 5.41) is 8.55. The predicted molar refractivity (Wildman–Crippen MR) is 47.7 cm³/mol. The third-order valence-electron chi connectivity index (χ3n) is 2.07. The van der Waals surface area contributed by atoms with Gasteiger partial charge in [-0.05, 0) is 12.1 Å². The molecule has 0 N–H and O–H groups in total. The number of methoxy groups -OCH3 is 1. The van der Waals surface area contributed by atoms with Crippen LogP contribution in [0.25, 0.3) is 0 Å². The lowest BCUT2D eigenvalue weighted by molar-refractivity contribution is -0.162. The van der Waals surface area contributed by atoms with Gasteiger partial charge in [0.2, 0.25) is 0 Å². The van der Waals surface area contributed by atoms with Crippen LogP contribution in [-0.4, -0.2) is 7.11 Å². The molecule has 8 heteroatoms. The molecule has 0 aliphatic carbocycles. The predicted octanol–water partition coefficient (Wildman–Crippen LogP) is 3.60. The number of nitriles is 1. The lowest BCUT2D eigenvalue weighted by Gasteiger charge is -2.17. The Kier molecular flexibility index (Phi) is 3.46. The minimum atomic E-state index is -5.21. The quantitative estimate of drug-likeness (QED) is 0.730. The normalized spacial score (nSPS) is 12.1. The second kappa shape index (κ2) is 4.40. The van der Waals surface area contributed by atoms with Crippen molar-refractivity contribution in [3.8, 4) is 11.8 Å². The monoisotopic (exact) mass is 269 g/mol. The van der Waals surface area contributed by atoms with Crippen molar-refractivity contribution in [3.05, 3.63) is 28.8 Å². The maximum Gasteiger partial charge on any atom is 0.417 e. The summed E-state index contributed by atoms with van der Waals surface area (Å²) < 4.78 is 79.4. The van der Waals surface area contributed by atoms with Crippen molar-refractivity contribution >= 4 is 0 Å². The summed E-state index contributed by atoms with van der Waals surface area (Å²) in [4.78, 5) is 0. The van der Waals surface area contributed by atoms with Crippen molar-refractivity contribution in [1.29, 1.82) is 5.26 Å². The van der Waals surface area contributed by atoms with Crippen LogP contribution in [0.2, 0.25) is 0 Å². The zero-order chi connectivity index (χ0) is 14.1. The van der Waals surface area contributed by atoms with Crippen LogP contribution in [0.15, 0.2) is 12.1 Å². The maximum absolute atomic E-state index is 12.5. The highest BCUT2D eigenvalue weighted by Gasteiger charge is 2.44. The van der Waals surface area contributed by atoms with Crippen molar-refractivity contribution in [3.63, 3.8) is 0 Å². The SMILES string of the molecule is COc1cc(C(F)(F)F)c(C(F)(F)F)cc1C#N. The second-order valence-corrected chi connectivity index (χ2v) is 3.21. The Labute approximate surface area is 97.4 Å². The van der Waals surface area contributed by atoms with E-state index in [0.717, 1.165) is 7.11 Å². The molecular weight excluding hydrogens is 264 g/mol. The van der Waals surface area contributed by atoms with E-state index in [9.17, 15) is 26.3 Å². The standard InChI is InChI=1S/C10H5F6NO/c1-18-8-3-7(10(14,15)16)6(9(11,12)13)2-5(8)4-17/h2-3H,1H3. The van der Waals surface area contributed by atoms with Crippen LogP contribution in [0, 0.1) is 11.3 Å². The molecule has 0 saturated heterocycles. The topological polar surface area (TPSA) is 33.0 Å². The Hall–Kier alpha value is -1.91. The van der Waals surface area contributed by atoms with Crippen LogP contribution in [0.3, 0.4) is 0 Å². The lowest BCUT2D eigenvalue weighted by Crippen LogP contribution is -2.17. The average Bonchev–Trinajstić information content (AvgIpc) is 2.24.